The predicted octanol–water partition coefficient (Wildman–Crippen LogP) is -0.694. The molecule has 7 N–H and O–H groups in total. The average Bonchev–Trinajstić information content (AvgIpc) is 2.41. The fourth-order valence-corrected chi connectivity index (χ4v) is 4.02. The number of carboxylic acids is 2. The molecule has 0 rings (SSSR count). The zero-order chi connectivity index (χ0) is 20.2. The van der Waals surface area contributed by atoms with Crippen LogP contribution in [0.25, 0.3) is 0 Å². The van der Waals surface area contributed by atoms with Crippen LogP contribution in [-0.2, 0) is 18.7 Å². The van der Waals surface area contributed by atoms with Crippen LogP contribution in [0.5, 0.6) is 0 Å². The van der Waals surface area contributed by atoms with E-state index in [4.69, 9.17) is 5.11 Å². The van der Waals surface area contributed by atoms with Crippen molar-refractivity contribution in [3.05, 3.63) is 25.3 Å². The molecule has 144 valence electrons. The van der Waals surface area contributed by atoms with Gasteiger partial charge in [0, 0.05) is 6.42 Å². The summed E-state index contributed by atoms with van der Waals surface area (Å²) in [5.74, 6) is -8.43. The first kappa shape index (κ1) is 23.6. The Morgan fingerprint density at radius 3 is 1.56 bits per heavy atom. The maximum Gasteiger partial charge on any atom is 0.351 e. The lowest BCUT2D eigenvalue weighted by Gasteiger charge is -2.43. The first-order chi connectivity index (χ1) is 11.1. The minimum Gasteiger partial charge on any atom is -0.481 e. The second-order valence-electron chi connectivity index (χ2n) is 4.90. The molecular formula is C11H19NO11P2. The van der Waals surface area contributed by atoms with E-state index in [1.54, 1.807) is 0 Å². The molecule has 0 aliphatic heterocycles. The van der Waals surface area contributed by atoms with Gasteiger partial charge in [-0.3, -0.25) is 13.9 Å². The quantitative estimate of drug-likeness (QED) is 0.130. The van der Waals surface area contributed by atoms with Crippen molar-refractivity contribution in [2.45, 2.75) is 30.1 Å². The molecule has 0 aliphatic rings. The van der Waals surface area contributed by atoms with Gasteiger partial charge in [0.05, 0.1) is 6.42 Å². The zero-order valence-corrected chi connectivity index (χ0v) is 14.5. The van der Waals surface area contributed by atoms with E-state index in [2.05, 4.69) is 13.2 Å². The molecule has 0 fully saturated rings. The highest BCUT2D eigenvalue weighted by atomic mass is 31.2. The molecule has 0 aromatic rings. The Bertz CT molecular complexity index is 604. The van der Waals surface area contributed by atoms with Crippen LogP contribution < -0.4 is 0 Å². The molecule has 0 saturated heterocycles. The van der Waals surface area contributed by atoms with E-state index in [0.717, 1.165) is 0 Å². The molecule has 0 aromatic heterocycles. The fraction of sp³-hybridized carbons (Fsp3) is 0.455. The lowest BCUT2D eigenvalue weighted by molar-refractivity contribution is -0.187. The molecule has 12 nitrogen and oxygen atoms in total. The van der Waals surface area contributed by atoms with Gasteiger partial charge in [0.1, 0.15) is 11.6 Å². The van der Waals surface area contributed by atoms with E-state index >= 15 is 0 Å². The van der Waals surface area contributed by atoms with E-state index < -0.39 is 57.3 Å². The number of hydrogen-bond donors (Lipinski definition) is 7. The Hall–Kier alpha value is -1.36. The topological polar surface area (TPSA) is 213 Å². The molecular weight excluding hydrogens is 384 g/mol. The molecule has 2 unspecified atom stereocenters. The highest BCUT2D eigenvalue weighted by Crippen LogP contribution is 2.53. The van der Waals surface area contributed by atoms with Gasteiger partial charge in [-0.25, -0.2) is 9.69 Å². The Morgan fingerprint density at radius 1 is 1.00 bits per heavy atom. The van der Waals surface area contributed by atoms with E-state index in [-0.39, 0.29) is 4.90 Å². The lowest BCUT2D eigenvalue weighted by Crippen LogP contribution is -2.61. The first-order valence-electron chi connectivity index (χ1n) is 6.44. The summed E-state index contributed by atoms with van der Waals surface area (Å²) < 4.78 is 23.3. The molecule has 0 heterocycles. The number of aliphatic carboxylic acids is 2. The second kappa shape index (κ2) is 8.35. The Kier molecular flexibility index (Phi) is 7.89. The Morgan fingerprint density at radius 2 is 1.36 bits per heavy atom. The third kappa shape index (κ3) is 5.84. The third-order valence-electron chi connectivity index (χ3n) is 3.14. The van der Waals surface area contributed by atoms with Crippen molar-refractivity contribution in [1.29, 1.82) is 0 Å². The monoisotopic (exact) mass is 403 g/mol. The van der Waals surface area contributed by atoms with Gasteiger partial charge >= 0.3 is 27.1 Å². The van der Waals surface area contributed by atoms with Crippen LogP contribution in [0, 0.1) is 0 Å². The number of nitrogens with zero attached hydrogens (tertiary/aromatic N) is 1. The minimum absolute atomic E-state index is 0.0835. The van der Waals surface area contributed by atoms with E-state index in [0.29, 0.717) is 12.2 Å². The molecule has 0 saturated carbocycles. The maximum absolute atomic E-state index is 11.6. The summed E-state index contributed by atoms with van der Waals surface area (Å²) >= 11 is 0. The molecule has 3 atom stereocenters. The summed E-state index contributed by atoms with van der Waals surface area (Å²) in [6.07, 6.45) is -1.13. The zero-order valence-electron chi connectivity index (χ0n) is 12.7. The second-order valence-corrected chi connectivity index (χ2v) is 8.31. The fourth-order valence-electron chi connectivity index (χ4n) is 2.05. The van der Waals surface area contributed by atoms with Crippen LogP contribution in [-0.4, -0.2) is 69.0 Å². The van der Waals surface area contributed by atoms with Crippen LogP contribution in [0.3, 0.4) is 0 Å². The van der Waals surface area contributed by atoms with Crippen molar-refractivity contribution in [2.75, 3.05) is 0 Å². The summed E-state index contributed by atoms with van der Waals surface area (Å²) in [7, 11) is -10.6. The smallest absolute Gasteiger partial charge is 0.351 e. The van der Waals surface area contributed by atoms with Crippen molar-refractivity contribution < 1.29 is 53.6 Å². The van der Waals surface area contributed by atoms with Gasteiger partial charge in [0.15, 0.2) is 0 Å². The van der Waals surface area contributed by atoms with Gasteiger partial charge < -0.3 is 34.9 Å². The Labute approximate surface area is 142 Å². The highest BCUT2D eigenvalue weighted by molar-refractivity contribution is 7.53. The number of carboxylic acid groups (broad SMARTS) is 2. The summed E-state index contributed by atoms with van der Waals surface area (Å²) in [5.41, 5.74) is -3.35. The van der Waals surface area contributed by atoms with Crippen LogP contribution in [0.4, 0.5) is 0 Å². The van der Waals surface area contributed by atoms with Gasteiger partial charge in [-0.1, -0.05) is 12.2 Å². The summed E-state index contributed by atoms with van der Waals surface area (Å²) in [4.78, 5) is 59.6. The van der Waals surface area contributed by atoms with E-state index in [1.165, 1.54) is 0 Å². The summed E-state index contributed by atoms with van der Waals surface area (Å²) in [6.45, 7) is 6.15. The molecule has 0 amide bonds. The summed E-state index contributed by atoms with van der Waals surface area (Å²) in [5, 5.41) is 28.4. The maximum atomic E-state index is 11.6. The standard InChI is InChI=1S/C11H19NO11P2/c1-3-7(24(18,19)20)12(8(4-2)25(21,22)23)11(17,10(15)16)6-5-9(13)14/h3-4,7-8,17H,1-2,5-6H2,(H,13,14)(H,15,16)(H2,18,19,20)(H2,21,22,23)/t7?,8?,11-/m1/s1. The van der Waals surface area contributed by atoms with E-state index in [9.17, 15) is 48.5 Å². The van der Waals surface area contributed by atoms with E-state index in [1.807, 2.05) is 0 Å². The number of hydrogen-bond acceptors (Lipinski definition) is 6. The Balaban J connectivity index is 6.60. The normalized spacial score (nSPS) is 17.4. The van der Waals surface area contributed by atoms with Crippen LogP contribution >= 0.6 is 15.2 Å². The van der Waals surface area contributed by atoms with Gasteiger partial charge in [0.2, 0.25) is 5.72 Å². The summed E-state index contributed by atoms with van der Waals surface area (Å²) in [6, 6.07) is 0. The molecule has 0 radical (unpaired) electrons. The molecule has 25 heavy (non-hydrogen) atoms. The first-order valence-corrected chi connectivity index (χ1v) is 9.80. The minimum atomic E-state index is -5.31. The highest BCUT2D eigenvalue weighted by Gasteiger charge is 2.55. The van der Waals surface area contributed by atoms with Crippen molar-refractivity contribution in [2.24, 2.45) is 0 Å². The van der Waals surface area contributed by atoms with Crippen LogP contribution in [0.1, 0.15) is 12.8 Å². The number of aliphatic hydroxyl groups is 1. The van der Waals surface area contributed by atoms with Crippen molar-refractivity contribution in [1.82, 2.24) is 4.90 Å². The molecule has 0 bridgehead atoms. The number of carbonyl (C=O) groups is 2. The van der Waals surface area contributed by atoms with Crippen molar-refractivity contribution >= 4 is 27.1 Å². The van der Waals surface area contributed by atoms with Crippen molar-refractivity contribution in [3.8, 4) is 0 Å². The SMILES string of the molecule is C=CC(N(C(C=C)P(=O)(O)O)[C@@](O)(CCC(=O)O)C(=O)O)P(=O)(O)O. The molecule has 0 aliphatic carbocycles. The van der Waals surface area contributed by atoms with Gasteiger partial charge in [-0.2, -0.15) is 0 Å². The van der Waals surface area contributed by atoms with Gasteiger partial charge in [-0.15, -0.1) is 13.2 Å². The molecule has 14 heteroatoms. The van der Waals surface area contributed by atoms with Crippen LogP contribution in [0.2, 0.25) is 0 Å². The predicted molar refractivity (Wildman–Crippen MR) is 83.4 cm³/mol. The number of rotatable bonds is 11. The lowest BCUT2D eigenvalue weighted by atomic mass is 10.0. The van der Waals surface area contributed by atoms with Crippen LogP contribution in [0.15, 0.2) is 25.3 Å². The molecule has 0 aromatic carbocycles. The van der Waals surface area contributed by atoms with Gasteiger partial charge in [0.25, 0.3) is 0 Å². The van der Waals surface area contributed by atoms with Crippen molar-refractivity contribution in [3.63, 3.8) is 0 Å². The largest absolute Gasteiger partial charge is 0.481 e. The third-order valence-corrected chi connectivity index (χ3v) is 5.44. The average molecular weight is 403 g/mol. The van der Waals surface area contributed by atoms with Gasteiger partial charge in [-0.05, 0) is 0 Å². The molecule has 0 spiro atoms.